The Morgan fingerprint density at radius 1 is 1.40 bits per heavy atom. The third-order valence-corrected chi connectivity index (χ3v) is 4.61. The molecule has 0 saturated heterocycles. The van der Waals surface area contributed by atoms with Crippen LogP contribution in [0.15, 0.2) is 22.8 Å². The lowest BCUT2D eigenvalue weighted by Crippen LogP contribution is -2.40. The highest BCUT2D eigenvalue weighted by atomic mass is 32.2. The summed E-state index contributed by atoms with van der Waals surface area (Å²) in [7, 11) is -1.90. The zero-order valence-corrected chi connectivity index (χ0v) is 13.2. The van der Waals surface area contributed by atoms with E-state index in [1.807, 2.05) is 0 Å². The molecule has 0 bridgehead atoms. The maximum atomic E-state index is 12.1. The van der Waals surface area contributed by atoms with Crippen molar-refractivity contribution in [3.8, 4) is 0 Å². The van der Waals surface area contributed by atoms with E-state index in [2.05, 4.69) is 17.0 Å². The molecule has 1 heterocycles. The van der Waals surface area contributed by atoms with Crippen LogP contribution in [0.5, 0.6) is 0 Å². The maximum absolute atomic E-state index is 12.1. The van der Waals surface area contributed by atoms with Crippen LogP contribution < -0.4 is 10.0 Å². The molecule has 0 radical (unpaired) electrons. The first-order chi connectivity index (χ1) is 9.47. The zero-order chi connectivity index (χ0) is 15.0. The van der Waals surface area contributed by atoms with Crippen LogP contribution in [0.3, 0.4) is 0 Å². The summed E-state index contributed by atoms with van der Waals surface area (Å²) in [4.78, 5) is 0. The first-order valence-electron chi connectivity index (χ1n) is 6.95. The number of nitrogens with one attached hydrogen (secondary N) is 2. The fourth-order valence-corrected chi connectivity index (χ4v) is 2.87. The van der Waals surface area contributed by atoms with Crippen LogP contribution >= 0.6 is 0 Å². The van der Waals surface area contributed by atoms with E-state index in [4.69, 9.17) is 4.42 Å². The van der Waals surface area contributed by atoms with E-state index >= 15 is 0 Å². The summed E-state index contributed by atoms with van der Waals surface area (Å²) in [5.41, 5.74) is 0. The van der Waals surface area contributed by atoms with Gasteiger partial charge in [-0.2, -0.15) is 17.4 Å². The lowest BCUT2D eigenvalue weighted by molar-refractivity contribution is 0.420. The van der Waals surface area contributed by atoms with Crippen LogP contribution in [0.25, 0.3) is 0 Å². The molecule has 1 aromatic heterocycles. The van der Waals surface area contributed by atoms with Crippen molar-refractivity contribution in [1.82, 2.24) is 14.3 Å². The van der Waals surface area contributed by atoms with Crippen molar-refractivity contribution in [2.75, 3.05) is 26.7 Å². The van der Waals surface area contributed by atoms with E-state index in [0.717, 1.165) is 25.9 Å². The predicted molar refractivity (Wildman–Crippen MR) is 79.6 cm³/mol. The topological polar surface area (TPSA) is 74.6 Å². The van der Waals surface area contributed by atoms with E-state index in [1.165, 1.54) is 10.6 Å². The molecule has 0 spiro atoms. The van der Waals surface area contributed by atoms with Gasteiger partial charge in [0, 0.05) is 13.6 Å². The normalized spacial score (nSPS) is 13.8. The van der Waals surface area contributed by atoms with Gasteiger partial charge in [0.2, 0.25) is 0 Å². The predicted octanol–water partition coefficient (Wildman–Crippen LogP) is 1.50. The Hall–Kier alpha value is -0.890. The minimum Gasteiger partial charge on any atom is -0.468 e. The molecule has 0 fully saturated rings. The average molecular weight is 303 g/mol. The fourth-order valence-electron chi connectivity index (χ4n) is 1.76. The summed E-state index contributed by atoms with van der Waals surface area (Å²) >= 11 is 0. The van der Waals surface area contributed by atoms with Gasteiger partial charge in [-0.1, -0.05) is 6.92 Å². The Morgan fingerprint density at radius 3 is 2.75 bits per heavy atom. The van der Waals surface area contributed by atoms with Crippen LogP contribution in [0.2, 0.25) is 0 Å². The van der Waals surface area contributed by atoms with Gasteiger partial charge < -0.3 is 9.73 Å². The second kappa shape index (κ2) is 8.41. The van der Waals surface area contributed by atoms with Crippen LogP contribution in [0, 0.1) is 0 Å². The van der Waals surface area contributed by atoms with Crippen molar-refractivity contribution in [2.24, 2.45) is 0 Å². The molecular formula is C13H25N3O3S. The summed E-state index contributed by atoms with van der Waals surface area (Å²) in [6.07, 6.45) is 3.39. The third kappa shape index (κ3) is 5.62. The molecule has 0 aliphatic heterocycles. The van der Waals surface area contributed by atoms with Gasteiger partial charge >= 0.3 is 0 Å². The maximum Gasteiger partial charge on any atom is 0.279 e. The highest BCUT2D eigenvalue weighted by molar-refractivity contribution is 7.87. The van der Waals surface area contributed by atoms with Gasteiger partial charge in [-0.15, -0.1) is 0 Å². The quantitative estimate of drug-likeness (QED) is 0.642. The molecule has 6 nitrogen and oxygen atoms in total. The number of rotatable bonds is 10. The smallest absolute Gasteiger partial charge is 0.279 e. The number of hydrogen-bond acceptors (Lipinski definition) is 4. The minimum atomic E-state index is -3.48. The van der Waals surface area contributed by atoms with Gasteiger partial charge in [0.25, 0.3) is 10.2 Å². The summed E-state index contributed by atoms with van der Waals surface area (Å²) in [5, 5.41) is 3.25. The van der Waals surface area contributed by atoms with Crippen LogP contribution in [-0.2, 0) is 10.2 Å². The van der Waals surface area contributed by atoms with Gasteiger partial charge in [-0.25, -0.2) is 0 Å². The molecule has 0 amide bonds. The molecule has 2 N–H and O–H groups in total. The van der Waals surface area contributed by atoms with E-state index in [1.54, 1.807) is 26.1 Å². The largest absolute Gasteiger partial charge is 0.468 e. The van der Waals surface area contributed by atoms with Gasteiger partial charge in [-0.05, 0) is 45.0 Å². The SMILES string of the molecule is CCCNCCCN(C)S(=O)(=O)NC(C)c1ccco1. The van der Waals surface area contributed by atoms with Crippen LogP contribution in [0.4, 0.5) is 0 Å². The Morgan fingerprint density at radius 2 is 2.15 bits per heavy atom. The van der Waals surface area contributed by atoms with Crippen molar-refractivity contribution in [1.29, 1.82) is 0 Å². The molecule has 1 atom stereocenters. The summed E-state index contributed by atoms with van der Waals surface area (Å²) in [6.45, 7) is 6.12. The fraction of sp³-hybridized carbons (Fsp3) is 0.692. The Labute approximate surface area is 121 Å². The van der Waals surface area contributed by atoms with Crippen LogP contribution in [0.1, 0.15) is 38.5 Å². The molecule has 0 aliphatic rings. The molecule has 1 aromatic rings. The summed E-state index contributed by atoms with van der Waals surface area (Å²) < 4.78 is 33.3. The number of furan rings is 1. The third-order valence-electron chi connectivity index (χ3n) is 2.96. The van der Waals surface area contributed by atoms with E-state index in [-0.39, 0.29) is 6.04 Å². The lowest BCUT2D eigenvalue weighted by atomic mass is 10.3. The molecule has 116 valence electrons. The molecule has 0 saturated carbocycles. The summed E-state index contributed by atoms with van der Waals surface area (Å²) in [5.74, 6) is 0.603. The minimum absolute atomic E-state index is 0.379. The summed E-state index contributed by atoms with van der Waals surface area (Å²) in [6, 6.07) is 3.11. The Balaban J connectivity index is 2.39. The Kier molecular flexibility index (Phi) is 7.22. The monoisotopic (exact) mass is 303 g/mol. The molecule has 1 unspecified atom stereocenters. The Bertz CT molecular complexity index is 459. The highest BCUT2D eigenvalue weighted by Gasteiger charge is 2.21. The molecule has 0 aromatic carbocycles. The second-order valence-corrected chi connectivity index (χ2v) is 6.59. The zero-order valence-electron chi connectivity index (χ0n) is 12.4. The molecule has 0 aliphatic carbocycles. The first-order valence-corrected chi connectivity index (χ1v) is 8.39. The van der Waals surface area contributed by atoms with Crippen molar-refractivity contribution < 1.29 is 12.8 Å². The number of nitrogens with zero attached hydrogens (tertiary/aromatic N) is 1. The van der Waals surface area contributed by atoms with Gasteiger partial charge in [0.05, 0.1) is 12.3 Å². The second-order valence-electron chi connectivity index (χ2n) is 4.79. The van der Waals surface area contributed by atoms with Gasteiger partial charge in [0.15, 0.2) is 0 Å². The standard InChI is InChI=1S/C13H25N3O3S/c1-4-8-14-9-6-10-16(3)20(17,18)15-12(2)13-7-5-11-19-13/h5,7,11-12,14-15H,4,6,8-10H2,1-3H3. The van der Waals surface area contributed by atoms with Crippen LogP contribution in [-0.4, -0.2) is 39.4 Å². The van der Waals surface area contributed by atoms with Crippen molar-refractivity contribution in [2.45, 2.75) is 32.7 Å². The van der Waals surface area contributed by atoms with Crippen molar-refractivity contribution in [3.05, 3.63) is 24.2 Å². The van der Waals surface area contributed by atoms with E-state index in [0.29, 0.717) is 12.3 Å². The molecule has 20 heavy (non-hydrogen) atoms. The molecule has 1 rings (SSSR count). The van der Waals surface area contributed by atoms with Crippen molar-refractivity contribution >= 4 is 10.2 Å². The first kappa shape index (κ1) is 17.2. The average Bonchev–Trinajstić information content (AvgIpc) is 2.91. The highest BCUT2D eigenvalue weighted by Crippen LogP contribution is 2.14. The van der Waals surface area contributed by atoms with Gasteiger partial charge in [-0.3, -0.25) is 0 Å². The number of hydrogen-bond donors (Lipinski definition) is 2. The van der Waals surface area contributed by atoms with Crippen molar-refractivity contribution in [3.63, 3.8) is 0 Å². The lowest BCUT2D eigenvalue weighted by Gasteiger charge is -2.20. The van der Waals surface area contributed by atoms with Gasteiger partial charge in [0.1, 0.15) is 5.76 Å². The molecular weight excluding hydrogens is 278 g/mol. The van der Waals surface area contributed by atoms with E-state index < -0.39 is 10.2 Å². The molecule has 7 heteroatoms. The van der Waals surface area contributed by atoms with E-state index in [9.17, 15) is 8.42 Å².